The van der Waals surface area contributed by atoms with Crippen molar-refractivity contribution in [3.63, 3.8) is 0 Å². The number of hydrogen-bond donors (Lipinski definition) is 0. The maximum atomic E-state index is 11.3. The lowest BCUT2D eigenvalue weighted by Crippen LogP contribution is -2.38. The van der Waals surface area contributed by atoms with Crippen molar-refractivity contribution in [2.45, 2.75) is 52.1 Å². The second-order valence-electron chi connectivity index (χ2n) is 4.96. The van der Waals surface area contributed by atoms with E-state index in [0.717, 1.165) is 16.4 Å². The van der Waals surface area contributed by atoms with Crippen LogP contribution in [0.15, 0.2) is 6.20 Å². The number of piperidine rings is 1. The van der Waals surface area contributed by atoms with Gasteiger partial charge in [-0.25, -0.2) is 4.98 Å². The molecule has 0 N–H and O–H groups in total. The number of nitrogens with zero attached hydrogens (tertiary/aromatic N) is 2. The third-order valence-corrected chi connectivity index (χ3v) is 4.56. The molecule has 2 heterocycles. The van der Waals surface area contributed by atoms with Crippen LogP contribution in [-0.2, 0) is 0 Å². The van der Waals surface area contributed by atoms with Crippen LogP contribution in [0.1, 0.15) is 60.8 Å². The number of likely N-dealkylation sites (tertiary alicyclic amines) is 1. The molecule has 0 amide bonds. The zero-order valence-corrected chi connectivity index (χ0v) is 11.6. The van der Waals surface area contributed by atoms with Crippen molar-refractivity contribution < 1.29 is 4.79 Å². The molecule has 3 nitrogen and oxygen atoms in total. The lowest BCUT2D eigenvalue weighted by Gasteiger charge is -2.37. The van der Waals surface area contributed by atoms with Gasteiger partial charge < -0.3 is 0 Å². The molecule has 1 atom stereocenters. The molecular formula is C13H20N2OS. The first kappa shape index (κ1) is 12.7. The monoisotopic (exact) mass is 252 g/mol. The van der Waals surface area contributed by atoms with Crippen LogP contribution in [-0.4, -0.2) is 28.3 Å². The lowest BCUT2D eigenvalue weighted by molar-refractivity contribution is 0.102. The first-order valence-electron chi connectivity index (χ1n) is 6.32. The van der Waals surface area contributed by atoms with E-state index in [0.29, 0.717) is 12.1 Å². The zero-order valence-electron chi connectivity index (χ0n) is 10.8. The van der Waals surface area contributed by atoms with E-state index >= 15 is 0 Å². The summed E-state index contributed by atoms with van der Waals surface area (Å²) in [4.78, 5) is 19.1. The fourth-order valence-electron chi connectivity index (χ4n) is 2.44. The van der Waals surface area contributed by atoms with Gasteiger partial charge in [-0.1, -0.05) is 6.42 Å². The van der Waals surface area contributed by atoms with Gasteiger partial charge in [0.05, 0.1) is 10.9 Å². The second kappa shape index (κ2) is 5.27. The van der Waals surface area contributed by atoms with Crippen molar-refractivity contribution in [2.24, 2.45) is 0 Å². The third-order valence-electron chi connectivity index (χ3n) is 3.36. The summed E-state index contributed by atoms with van der Waals surface area (Å²) in [7, 11) is 0. The highest BCUT2D eigenvalue weighted by atomic mass is 32.1. The van der Waals surface area contributed by atoms with Gasteiger partial charge in [0.15, 0.2) is 5.78 Å². The van der Waals surface area contributed by atoms with Gasteiger partial charge in [0.1, 0.15) is 5.01 Å². The van der Waals surface area contributed by atoms with Crippen molar-refractivity contribution >= 4 is 17.1 Å². The minimum Gasteiger partial charge on any atom is -0.294 e. The minimum absolute atomic E-state index is 0.126. The average Bonchev–Trinajstić information content (AvgIpc) is 2.78. The van der Waals surface area contributed by atoms with Crippen LogP contribution in [0.25, 0.3) is 0 Å². The van der Waals surface area contributed by atoms with E-state index in [1.165, 1.54) is 19.3 Å². The predicted molar refractivity (Wildman–Crippen MR) is 70.6 cm³/mol. The molecule has 0 aromatic carbocycles. The number of carbonyl (C=O) groups is 1. The van der Waals surface area contributed by atoms with Gasteiger partial charge in [0, 0.05) is 19.2 Å². The summed E-state index contributed by atoms with van der Waals surface area (Å²) >= 11 is 1.57. The number of rotatable bonds is 3. The van der Waals surface area contributed by atoms with Crippen LogP contribution in [0.5, 0.6) is 0 Å². The molecule has 1 aromatic rings. The average molecular weight is 252 g/mol. The number of Topliss-reactive ketones (excluding diaryl/α,β-unsaturated/α-hetero) is 1. The molecule has 0 bridgehead atoms. The number of thiazole rings is 1. The normalized spacial score (nSPS) is 22.0. The highest BCUT2D eigenvalue weighted by Gasteiger charge is 2.28. The molecule has 0 spiro atoms. The SMILES string of the molecule is CC(=O)c1cnc(C2CCCCN2C(C)C)s1. The van der Waals surface area contributed by atoms with Crippen molar-refractivity contribution in [3.05, 3.63) is 16.1 Å². The number of carbonyl (C=O) groups excluding carboxylic acids is 1. The molecular weight excluding hydrogens is 232 g/mol. The maximum absolute atomic E-state index is 11.3. The van der Waals surface area contributed by atoms with E-state index in [-0.39, 0.29) is 5.78 Å². The van der Waals surface area contributed by atoms with Crippen molar-refractivity contribution in [3.8, 4) is 0 Å². The summed E-state index contributed by atoms with van der Waals surface area (Å²) in [5.41, 5.74) is 0. The number of hydrogen-bond acceptors (Lipinski definition) is 4. The molecule has 1 unspecified atom stereocenters. The minimum atomic E-state index is 0.126. The summed E-state index contributed by atoms with van der Waals surface area (Å²) in [5, 5.41) is 1.11. The van der Waals surface area contributed by atoms with Gasteiger partial charge >= 0.3 is 0 Å². The van der Waals surface area contributed by atoms with Gasteiger partial charge in [0.2, 0.25) is 0 Å². The first-order valence-corrected chi connectivity index (χ1v) is 7.13. The first-order chi connectivity index (χ1) is 8.09. The smallest absolute Gasteiger partial charge is 0.171 e. The Morgan fingerprint density at radius 3 is 2.88 bits per heavy atom. The molecule has 1 fully saturated rings. The Morgan fingerprint density at radius 2 is 2.29 bits per heavy atom. The molecule has 17 heavy (non-hydrogen) atoms. The fraction of sp³-hybridized carbons (Fsp3) is 0.692. The van der Waals surface area contributed by atoms with E-state index in [1.807, 2.05) is 0 Å². The zero-order chi connectivity index (χ0) is 12.4. The standard InChI is InChI=1S/C13H20N2OS/c1-9(2)15-7-5-4-6-11(15)13-14-8-12(17-13)10(3)16/h8-9,11H,4-7H2,1-3H3. The van der Waals surface area contributed by atoms with Crippen LogP contribution in [0.2, 0.25) is 0 Å². The molecule has 2 rings (SSSR count). The van der Waals surface area contributed by atoms with Crippen LogP contribution in [0, 0.1) is 0 Å². The van der Waals surface area contributed by atoms with Crippen LogP contribution in [0.3, 0.4) is 0 Å². The maximum Gasteiger partial charge on any atom is 0.171 e. The second-order valence-corrected chi connectivity index (χ2v) is 6.02. The van der Waals surface area contributed by atoms with Crippen LogP contribution in [0.4, 0.5) is 0 Å². The summed E-state index contributed by atoms with van der Waals surface area (Å²) in [6.07, 6.45) is 5.45. The molecule has 1 aliphatic heterocycles. The topological polar surface area (TPSA) is 33.2 Å². The molecule has 94 valence electrons. The molecule has 4 heteroatoms. The summed E-state index contributed by atoms with van der Waals surface area (Å²) in [6.45, 7) is 7.23. The number of aromatic nitrogens is 1. The highest BCUT2D eigenvalue weighted by molar-refractivity contribution is 7.13. The Bertz CT molecular complexity index is 400. The van der Waals surface area contributed by atoms with E-state index < -0.39 is 0 Å². The van der Waals surface area contributed by atoms with Gasteiger partial charge in [-0.05, 0) is 33.2 Å². The Hall–Kier alpha value is -0.740. The third kappa shape index (κ3) is 2.75. The summed E-state index contributed by atoms with van der Waals surface area (Å²) in [5.74, 6) is 0.126. The number of ketones is 1. The summed E-state index contributed by atoms with van der Waals surface area (Å²) < 4.78 is 0. The van der Waals surface area contributed by atoms with Gasteiger partial charge in [-0.2, -0.15) is 0 Å². The van der Waals surface area contributed by atoms with E-state index in [1.54, 1.807) is 24.5 Å². The molecule has 1 aliphatic rings. The van der Waals surface area contributed by atoms with E-state index in [2.05, 4.69) is 23.7 Å². The predicted octanol–water partition coefficient (Wildman–Crippen LogP) is 3.28. The van der Waals surface area contributed by atoms with Gasteiger partial charge in [0.25, 0.3) is 0 Å². The largest absolute Gasteiger partial charge is 0.294 e. The molecule has 0 aliphatic carbocycles. The van der Waals surface area contributed by atoms with Crippen LogP contribution >= 0.6 is 11.3 Å². The molecule has 0 saturated carbocycles. The lowest BCUT2D eigenvalue weighted by atomic mass is 10.0. The van der Waals surface area contributed by atoms with Gasteiger partial charge in [-0.3, -0.25) is 9.69 Å². The molecule has 1 aromatic heterocycles. The van der Waals surface area contributed by atoms with Crippen molar-refractivity contribution in [1.82, 2.24) is 9.88 Å². The fourth-order valence-corrected chi connectivity index (χ4v) is 3.41. The Balaban J connectivity index is 2.20. The highest BCUT2D eigenvalue weighted by Crippen LogP contribution is 2.34. The Kier molecular flexibility index (Phi) is 3.94. The Labute approximate surface area is 107 Å². The van der Waals surface area contributed by atoms with Crippen molar-refractivity contribution in [1.29, 1.82) is 0 Å². The van der Waals surface area contributed by atoms with Crippen LogP contribution < -0.4 is 0 Å². The van der Waals surface area contributed by atoms with E-state index in [9.17, 15) is 4.79 Å². The Morgan fingerprint density at radius 1 is 1.53 bits per heavy atom. The van der Waals surface area contributed by atoms with Gasteiger partial charge in [-0.15, -0.1) is 11.3 Å². The van der Waals surface area contributed by atoms with Crippen molar-refractivity contribution in [2.75, 3.05) is 6.54 Å². The molecule has 1 saturated heterocycles. The summed E-state index contributed by atoms with van der Waals surface area (Å²) in [6, 6.07) is 0.965. The molecule has 0 radical (unpaired) electrons. The quantitative estimate of drug-likeness (QED) is 0.774. The van der Waals surface area contributed by atoms with E-state index in [4.69, 9.17) is 0 Å².